The van der Waals surface area contributed by atoms with E-state index in [4.69, 9.17) is 4.42 Å². The number of hydrogen-bond acceptors (Lipinski definition) is 3. The zero-order valence-electron chi connectivity index (χ0n) is 10.1. The van der Waals surface area contributed by atoms with Crippen LogP contribution < -0.4 is 5.32 Å². The van der Waals surface area contributed by atoms with E-state index in [1.54, 1.807) is 0 Å². The molecule has 0 amide bonds. The molecule has 0 aliphatic carbocycles. The molecule has 0 saturated carbocycles. The van der Waals surface area contributed by atoms with Crippen LogP contribution in [0.5, 0.6) is 0 Å². The van der Waals surface area contributed by atoms with Crippen LogP contribution in [0.25, 0.3) is 11.0 Å². The Kier molecular flexibility index (Phi) is 2.87. The van der Waals surface area contributed by atoms with E-state index < -0.39 is 0 Å². The molecule has 0 bridgehead atoms. The van der Waals surface area contributed by atoms with Crippen molar-refractivity contribution in [1.82, 2.24) is 10.2 Å². The molecule has 1 N–H and O–H groups in total. The van der Waals surface area contributed by atoms with Crippen molar-refractivity contribution in [3.05, 3.63) is 36.1 Å². The number of furan rings is 1. The van der Waals surface area contributed by atoms with E-state index in [1.165, 1.54) is 10.9 Å². The number of hydrogen-bond donors (Lipinski definition) is 1. The molecule has 1 aromatic heterocycles. The van der Waals surface area contributed by atoms with Crippen molar-refractivity contribution in [1.29, 1.82) is 0 Å². The molecule has 0 atom stereocenters. The lowest BCUT2D eigenvalue weighted by molar-refractivity contribution is 0.182. The standard InChI is InChI=1S/C14H18N2O/c1-16(12-8-15-9-12)7-6-11-10-17-14-5-3-2-4-13(11)14/h2-5,10,12,15H,6-9H2,1H3. The molecule has 1 saturated heterocycles. The highest BCUT2D eigenvalue weighted by atomic mass is 16.3. The first-order valence-electron chi connectivity index (χ1n) is 6.20. The maximum absolute atomic E-state index is 5.55. The van der Waals surface area contributed by atoms with Crippen molar-refractivity contribution in [2.75, 3.05) is 26.7 Å². The SMILES string of the molecule is CN(CCc1coc2ccccc12)C1CNC1. The van der Waals surface area contributed by atoms with Gasteiger partial charge >= 0.3 is 0 Å². The van der Waals surface area contributed by atoms with Crippen LogP contribution in [0.3, 0.4) is 0 Å². The molecule has 3 heteroatoms. The van der Waals surface area contributed by atoms with E-state index in [1.807, 2.05) is 18.4 Å². The second-order valence-corrected chi connectivity index (χ2v) is 4.80. The number of rotatable bonds is 4. The molecule has 3 rings (SSSR count). The van der Waals surface area contributed by atoms with Gasteiger partial charge in [0.15, 0.2) is 0 Å². The number of nitrogens with zero attached hydrogens (tertiary/aromatic N) is 1. The minimum absolute atomic E-state index is 0.716. The van der Waals surface area contributed by atoms with Gasteiger partial charge in [-0.25, -0.2) is 0 Å². The molecule has 3 nitrogen and oxygen atoms in total. The fourth-order valence-corrected chi connectivity index (χ4v) is 2.29. The van der Waals surface area contributed by atoms with Gasteiger partial charge in [0.2, 0.25) is 0 Å². The lowest BCUT2D eigenvalue weighted by atomic mass is 10.1. The lowest BCUT2D eigenvalue weighted by Crippen LogP contribution is -2.56. The molecule has 17 heavy (non-hydrogen) atoms. The van der Waals surface area contributed by atoms with Crippen LogP contribution in [0.15, 0.2) is 34.9 Å². The molecule has 0 radical (unpaired) electrons. The Morgan fingerprint density at radius 2 is 2.18 bits per heavy atom. The Balaban J connectivity index is 1.68. The van der Waals surface area contributed by atoms with Gasteiger partial charge in [0.1, 0.15) is 5.58 Å². The molecular weight excluding hydrogens is 212 g/mol. The van der Waals surface area contributed by atoms with Crippen molar-refractivity contribution in [2.24, 2.45) is 0 Å². The Morgan fingerprint density at radius 3 is 2.94 bits per heavy atom. The van der Waals surface area contributed by atoms with Crippen LogP contribution in [0, 0.1) is 0 Å². The van der Waals surface area contributed by atoms with E-state index >= 15 is 0 Å². The van der Waals surface area contributed by atoms with Crippen LogP contribution in [0.4, 0.5) is 0 Å². The van der Waals surface area contributed by atoms with Crippen molar-refractivity contribution >= 4 is 11.0 Å². The maximum atomic E-state index is 5.55. The summed E-state index contributed by atoms with van der Waals surface area (Å²) in [6.07, 6.45) is 2.96. The van der Waals surface area contributed by atoms with Crippen molar-refractivity contribution < 1.29 is 4.42 Å². The van der Waals surface area contributed by atoms with Gasteiger partial charge in [-0.2, -0.15) is 0 Å². The third kappa shape index (κ3) is 2.08. The van der Waals surface area contributed by atoms with Crippen molar-refractivity contribution in [3.8, 4) is 0 Å². The largest absolute Gasteiger partial charge is 0.464 e. The molecule has 0 spiro atoms. The third-order valence-corrected chi connectivity index (χ3v) is 3.68. The minimum Gasteiger partial charge on any atom is -0.464 e. The molecule has 90 valence electrons. The summed E-state index contributed by atoms with van der Waals surface area (Å²) in [6.45, 7) is 3.35. The van der Waals surface area contributed by atoms with Gasteiger partial charge in [-0.15, -0.1) is 0 Å². The summed E-state index contributed by atoms with van der Waals surface area (Å²) in [7, 11) is 2.20. The van der Waals surface area contributed by atoms with Gasteiger partial charge in [-0.1, -0.05) is 18.2 Å². The lowest BCUT2D eigenvalue weighted by Gasteiger charge is -2.35. The number of benzene rings is 1. The number of nitrogens with one attached hydrogen (secondary N) is 1. The molecule has 1 aliphatic rings. The molecule has 1 fully saturated rings. The number of likely N-dealkylation sites (N-methyl/N-ethyl adjacent to an activating group) is 1. The summed E-state index contributed by atoms with van der Waals surface area (Å²) in [5.74, 6) is 0. The zero-order valence-corrected chi connectivity index (χ0v) is 10.1. The molecule has 1 aliphatic heterocycles. The monoisotopic (exact) mass is 230 g/mol. The second-order valence-electron chi connectivity index (χ2n) is 4.80. The van der Waals surface area contributed by atoms with Crippen LogP contribution in [-0.2, 0) is 6.42 Å². The Bertz CT molecular complexity index is 502. The minimum atomic E-state index is 0.716. The topological polar surface area (TPSA) is 28.4 Å². The van der Waals surface area contributed by atoms with E-state index in [0.717, 1.165) is 31.6 Å². The van der Waals surface area contributed by atoms with Gasteiger partial charge in [0, 0.05) is 31.1 Å². The Hall–Kier alpha value is -1.32. The molecular formula is C14H18N2O. The van der Waals surface area contributed by atoms with Crippen LogP contribution in [0.1, 0.15) is 5.56 Å². The van der Waals surface area contributed by atoms with Crippen LogP contribution >= 0.6 is 0 Å². The summed E-state index contributed by atoms with van der Waals surface area (Å²) in [6, 6.07) is 8.97. The maximum Gasteiger partial charge on any atom is 0.134 e. The highest BCUT2D eigenvalue weighted by molar-refractivity contribution is 5.80. The van der Waals surface area contributed by atoms with Gasteiger partial charge in [0.25, 0.3) is 0 Å². The first-order valence-corrected chi connectivity index (χ1v) is 6.20. The zero-order chi connectivity index (χ0) is 11.7. The van der Waals surface area contributed by atoms with E-state index in [0.29, 0.717) is 6.04 Å². The third-order valence-electron chi connectivity index (χ3n) is 3.68. The number of para-hydroxylation sites is 1. The predicted octanol–water partition coefficient (Wildman–Crippen LogP) is 1.88. The van der Waals surface area contributed by atoms with Gasteiger partial charge in [-0.3, -0.25) is 0 Å². The normalized spacial score (nSPS) is 16.6. The predicted molar refractivity (Wildman–Crippen MR) is 69.2 cm³/mol. The fourth-order valence-electron chi connectivity index (χ4n) is 2.29. The quantitative estimate of drug-likeness (QED) is 0.869. The average Bonchev–Trinajstić information content (AvgIpc) is 2.67. The second kappa shape index (κ2) is 4.51. The van der Waals surface area contributed by atoms with E-state index in [2.05, 4.69) is 29.4 Å². The van der Waals surface area contributed by atoms with Crippen LogP contribution in [0.2, 0.25) is 0 Å². The summed E-state index contributed by atoms with van der Waals surface area (Å²) in [5, 5.41) is 4.56. The summed E-state index contributed by atoms with van der Waals surface area (Å²) in [5.41, 5.74) is 2.31. The first-order chi connectivity index (χ1) is 8.34. The highest BCUT2D eigenvalue weighted by Crippen LogP contribution is 2.21. The van der Waals surface area contributed by atoms with Crippen molar-refractivity contribution in [2.45, 2.75) is 12.5 Å². The smallest absolute Gasteiger partial charge is 0.134 e. The fraction of sp³-hybridized carbons (Fsp3) is 0.429. The summed E-state index contributed by atoms with van der Waals surface area (Å²) < 4.78 is 5.55. The van der Waals surface area contributed by atoms with E-state index in [9.17, 15) is 0 Å². The van der Waals surface area contributed by atoms with Gasteiger partial charge < -0.3 is 14.6 Å². The average molecular weight is 230 g/mol. The summed E-state index contributed by atoms with van der Waals surface area (Å²) >= 11 is 0. The number of fused-ring (bicyclic) bond motifs is 1. The highest BCUT2D eigenvalue weighted by Gasteiger charge is 2.21. The van der Waals surface area contributed by atoms with Crippen LogP contribution in [-0.4, -0.2) is 37.6 Å². The van der Waals surface area contributed by atoms with Crippen molar-refractivity contribution in [3.63, 3.8) is 0 Å². The molecule has 1 aromatic carbocycles. The first kappa shape index (κ1) is 10.8. The van der Waals surface area contributed by atoms with E-state index in [-0.39, 0.29) is 0 Å². The van der Waals surface area contributed by atoms with Gasteiger partial charge in [0.05, 0.1) is 6.26 Å². The summed E-state index contributed by atoms with van der Waals surface area (Å²) in [4.78, 5) is 2.43. The molecule has 0 unspecified atom stereocenters. The molecule has 2 heterocycles. The van der Waals surface area contributed by atoms with Gasteiger partial charge in [-0.05, 0) is 25.1 Å². The molecule has 2 aromatic rings. The Labute approximate surface area is 101 Å². The Morgan fingerprint density at radius 1 is 1.35 bits per heavy atom.